The summed E-state index contributed by atoms with van der Waals surface area (Å²) in [5.41, 5.74) is -0.355. The highest BCUT2D eigenvalue weighted by Gasteiger charge is 2.35. The standard InChI is InChI=1S/C11H14F3NOS.C2H6/c1-7(2)15-17(16)10-5-4-8(3)6-9(10)11(12,13)14;1-2/h4-7,15H,1-3H3;1-2H3. The summed E-state index contributed by atoms with van der Waals surface area (Å²) in [7, 11) is -1.85. The van der Waals surface area contributed by atoms with Crippen LogP contribution in [0.1, 0.15) is 38.8 Å². The molecular formula is C13H20F3NOS. The lowest BCUT2D eigenvalue weighted by Crippen LogP contribution is -2.26. The molecule has 110 valence electrons. The average molecular weight is 295 g/mol. The van der Waals surface area contributed by atoms with Crippen LogP contribution in [0.25, 0.3) is 0 Å². The first-order valence-corrected chi connectivity index (χ1v) is 7.22. The van der Waals surface area contributed by atoms with Gasteiger partial charge < -0.3 is 0 Å². The van der Waals surface area contributed by atoms with Gasteiger partial charge >= 0.3 is 6.18 Å². The van der Waals surface area contributed by atoms with Gasteiger partial charge in [-0.05, 0) is 32.9 Å². The third-order valence-electron chi connectivity index (χ3n) is 1.98. The lowest BCUT2D eigenvalue weighted by Gasteiger charge is -2.14. The van der Waals surface area contributed by atoms with Gasteiger partial charge in [0.15, 0.2) is 0 Å². The van der Waals surface area contributed by atoms with Crippen LogP contribution < -0.4 is 4.72 Å². The van der Waals surface area contributed by atoms with Crippen molar-refractivity contribution in [1.29, 1.82) is 0 Å². The minimum absolute atomic E-state index is 0.154. The van der Waals surface area contributed by atoms with Gasteiger partial charge in [-0.2, -0.15) is 13.2 Å². The molecule has 6 heteroatoms. The Morgan fingerprint density at radius 3 is 2.16 bits per heavy atom. The molecule has 0 bridgehead atoms. The number of halogens is 3. The maximum atomic E-state index is 12.8. The first-order chi connectivity index (χ1) is 8.71. The van der Waals surface area contributed by atoms with Gasteiger partial charge in [-0.3, -0.25) is 0 Å². The fourth-order valence-electron chi connectivity index (χ4n) is 1.30. The van der Waals surface area contributed by atoms with Crippen molar-refractivity contribution in [3.8, 4) is 0 Å². The van der Waals surface area contributed by atoms with Crippen LogP contribution in [-0.2, 0) is 17.2 Å². The fourth-order valence-corrected chi connectivity index (χ4v) is 2.43. The maximum Gasteiger partial charge on any atom is 0.417 e. The minimum atomic E-state index is -4.49. The molecule has 1 aromatic carbocycles. The SMILES string of the molecule is CC.Cc1ccc(S(=O)NC(C)C)c(C(F)(F)F)c1. The molecule has 0 saturated carbocycles. The average Bonchev–Trinajstić information content (AvgIpc) is 2.29. The first-order valence-electron chi connectivity index (χ1n) is 6.07. The molecule has 0 aromatic heterocycles. The Balaban J connectivity index is 0.00000154. The summed E-state index contributed by atoms with van der Waals surface area (Å²) in [5, 5.41) is 0. The lowest BCUT2D eigenvalue weighted by molar-refractivity contribution is -0.139. The van der Waals surface area contributed by atoms with Crippen LogP contribution in [0, 0.1) is 6.92 Å². The molecule has 0 fully saturated rings. The highest BCUT2D eigenvalue weighted by atomic mass is 32.2. The van der Waals surface area contributed by atoms with Crippen molar-refractivity contribution >= 4 is 11.0 Å². The van der Waals surface area contributed by atoms with E-state index in [9.17, 15) is 17.4 Å². The number of aryl methyl sites for hydroxylation is 1. The van der Waals surface area contributed by atoms with Crippen molar-refractivity contribution in [3.63, 3.8) is 0 Å². The molecule has 0 aliphatic rings. The van der Waals surface area contributed by atoms with Crippen LogP contribution in [0.2, 0.25) is 0 Å². The molecule has 19 heavy (non-hydrogen) atoms. The summed E-state index contributed by atoms with van der Waals surface area (Å²) in [6.45, 7) is 9.01. The van der Waals surface area contributed by atoms with Gasteiger partial charge in [-0.15, -0.1) is 0 Å². The second-order valence-electron chi connectivity index (χ2n) is 4.04. The van der Waals surface area contributed by atoms with E-state index in [2.05, 4.69) is 4.72 Å². The molecule has 0 heterocycles. The van der Waals surface area contributed by atoms with E-state index in [-0.39, 0.29) is 10.9 Å². The largest absolute Gasteiger partial charge is 0.417 e. The molecule has 0 aliphatic carbocycles. The monoisotopic (exact) mass is 295 g/mol. The van der Waals surface area contributed by atoms with E-state index in [1.54, 1.807) is 20.8 Å². The van der Waals surface area contributed by atoms with Gasteiger partial charge in [0.1, 0.15) is 11.0 Å². The zero-order valence-corrected chi connectivity index (χ0v) is 12.6. The number of hydrogen-bond acceptors (Lipinski definition) is 1. The number of benzene rings is 1. The highest BCUT2D eigenvalue weighted by Crippen LogP contribution is 2.33. The molecule has 0 aliphatic heterocycles. The van der Waals surface area contributed by atoms with Crippen LogP contribution in [0.15, 0.2) is 23.1 Å². The van der Waals surface area contributed by atoms with Crippen LogP contribution in [0.3, 0.4) is 0 Å². The van der Waals surface area contributed by atoms with Gasteiger partial charge in [0.05, 0.1) is 10.5 Å². The predicted octanol–water partition coefficient (Wildman–Crippen LogP) is 4.06. The summed E-state index contributed by atoms with van der Waals surface area (Å²) < 4.78 is 52.6. The van der Waals surface area contributed by atoms with Gasteiger partial charge in [-0.1, -0.05) is 25.5 Å². The summed E-state index contributed by atoms with van der Waals surface area (Å²) in [6.07, 6.45) is -4.49. The molecular weight excluding hydrogens is 275 g/mol. The zero-order chi connectivity index (χ0) is 15.2. The smallest absolute Gasteiger partial charge is 0.237 e. The Kier molecular flexibility index (Phi) is 7.29. The molecule has 1 aromatic rings. The topological polar surface area (TPSA) is 29.1 Å². The van der Waals surface area contributed by atoms with E-state index in [1.165, 1.54) is 12.1 Å². The zero-order valence-electron chi connectivity index (χ0n) is 11.8. The maximum absolute atomic E-state index is 12.8. The summed E-state index contributed by atoms with van der Waals surface area (Å²) >= 11 is 0. The van der Waals surface area contributed by atoms with Gasteiger partial charge in [0, 0.05) is 6.04 Å². The van der Waals surface area contributed by atoms with Crippen molar-refractivity contribution in [1.82, 2.24) is 4.72 Å². The third-order valence-corrected chi connectivity index (χ3v) is 3.42. The molecule has 0 amide bonds. The van der Waals surface area contributed by atoms with Crippen LogP contribution in [0.4, 0.5) is 13.2 Å². The van der Waals surface area contributed by atoms with E-state index in [1.807, 2.05) is 13.8 Å². The molecule has 1 rings (SSSR count). The second-order valence-corrected chi connectivity index (χ2v) is 5.25. The second kappa shape index (κ2) is 7.65. The number of hydrogen-bond donors (Lipinski definition) is 1. The Labute approximate surface area is 115 Å². The molecule has 0 radical (unpaired) electrons. The Hall–Kier alpha value is -0.880. The van der Waals surface area contributed by atoms with Gasteiger partial charge in [-0.25, -0.2) is 8.93 Å². The predicted molar refractivity (Wildman–Crippen MR) is 72.2 cm³/mol. The summed E-state index contributed by atoms with van der Waals surface area (Å²) in [5.74, 6) is 0. The Morgan fingerprint density at radius 2 is 1.74 bits per heavy atom. The molecule has 1 unspecified atom stereocenters. The minimum Gasteiger partial charge on any atom is -0.237 e. The van der Waals surface area contributed by atoms with E-state index in [0.29, 0.717) is 5.56 Å². The van der Waals surface area contributed by atoms with Gasteiger partial charge in [0.25, 0.3) is 0 Å². The fraction of sp³-hybridized carbons (Fsp3) is 0.538. The van der Waals surface area contributed by atoms with Crippen molar-refractivity contribution in [2.75, 3.05) is 0 Å². The summed E-state index contributed by atoms with van der Waals surface area (Å²) in [4.78, 5) is -0.225. The Bertz CT molecular complexity index is 430. The van der Waals surface area contributed by atoms with Crippen molar-refractivity contribution in [3.05, 3.63) is 29.3 Å². The lowest BCUT2D eigenvalue weighted by atomic mass is 10.1. The van der Waals surface area contributed by atoms with Crippen molar-refractivity contribution in [2.24, 2.45) is 0 Å². The van der Waals surface area contributed by atoms with E-state index < -0.39 is 22.7 Å². The molecule has 2 nitrogen and oxygen atoms in total. The number of nitrogens with one attached hydrogen (secondary N) is 1. The van der Waals surface area contributed by atoms with E-state index >= 15 is 0 Å². The quantitative estimate of drug-likeness (QED) is 0.895. The van der Waals surface area contributed by atoms with Crippen molar-refractivity contribution in [2.45, 2.75) is 51.7 Å². The summed E-state index contributed by atoms with van der Waals surface area (Å²) in [6, 6.07) is 3.63. The number of alkyl halides is 3. The molecule has 1 N–H and O–H groups in total. The van der Waals surface area contributed by atoms with Crippen LogP contribution in [-0.4, -0.2) is 10.3 Å². The normalized spacial score (nSPS) is 12.9. The molecule has 1 atom stereocenters. The van der Waals surface area contributed by atoms with E-state index in [4.69, 9.17) is 0 Å². The Morgan fingerprint density at radius 1 is 1.21 bits per heavy atom. The van der Waals surface area contributed by atoms with E-state index in [0.717, 1.165) is 6.07 Å². The third kappa shape index (κ3) is 5.74. The van der Waals surface area contributed by atoms with Crippen LogP contribution in [0.5, 0.6) is 0 Å². The van der Waals surface area contributed by atoms with Crippen LogP contribution >= 0.6 is 0 Å². The number of rotatable bonds is 3. The molecule has 0 spiro atoms. The van der Waals surface area contributed by atoms with Crippen molar-refractivity contribution < 1.29 is 17.4 Å². The molecule has 0 saturated heterocycles. The highest BCUT2D eigenvalue weighted by molar-refractivity contribution is 7.83. The van der Waals surface area contributed by atoms with Gasteiger partial charge in [0.2, 0.25) is 0 Å². The first kappa shape index (κ1) is 18.1.